The van der Waals surface area contributed by atoms with E-state index in [0.717, 1.165) is 17.5 Å². The summed E-state index contributed by atoms with van der Waals surface area (Å²) < 4.78 is 32.5. The molecular formula is C22H14F2N2O3. The van der Waals surface area contributed by atoms with Gasteiger partial charge in [-0.1, -0.05) is 18.2 Å². The van der Waals surface area contributed by atoms with Gasteiger partial charge < -0.3 is 15.6 Å². The fourth-order valence-electron chi connectivity index (χ4n) is 3.14. The molecule has 0 bridgehead atoms. The van der Waals surface area contributed by atoms with Gasteiger partial charge in [-0.25, -0.2) is 13.6 Å². The fourth-order valence-corrected chi connectivity index (χ4v) is 3.14. The second-order valence-electron chi connectivity index (χ2n) is 6.32. The van der Waals surface area contributed by atoms with E-state index >= 15 is 0 Å². The number of pyridine rings is 1. The molecule has 5 nitrogen and oxygen atoms in total. The highest BCUT2D eigenvalue weighted by Crippen LogP contribution is 2.38. The van der Waals surface area contributed by atoms with E-state index in [-0.39, 0.29) is 22.7 Å². The van der Waals surface area contributed by atoms with Crippen LogP contribution >= 0.6 is 0 Å². The van der Waals surface area contributed by atoms with Crippen molar-refractivity contribution in [2.75, 3.05) is 5.73 Å². The molecule has 0 saturated heterocycles. The van der Waals surface area contributed by atoms with Gasteiger partial charge in [0.25, 0.3) is 0 Å². The van der Waals surface area contributed by atoms with Crippen molar-refractivity contribution in [1.29, 1.82) is 0 Å². The Morgan fingerprint density at radius 1 is 0.931 bits per heavy atom. The number of aromatic nitrogens is 1. The summed E-state index contributed by atoms with van der Waals surface area (Å²) >= 11 is 0. The Labute approximate surface area is 164 Å². The topological polar surface area (TPSA) is 85.4 Å². The Kier molecular flexibility index (Phi) is 4.56. The molecule has 29 heavy (non-hydrogen) atoms. The summed E-state index contributed by atoms with van der Waals surface area (Å²) in [7, 11) is 0. The van der Waals surface area contributed by atoms with Crippen LogP contribution in [0.2, 0.25) is 0 Å². The first-order chi connectivity index (χ1) is 13.9. The molecule has 4 rings (SSSR count). The van der Waals surface area contributed by atoms with Crippen LogP contribution in [0.1, 0.15) is 10.4 Å². The lowest BCUT2D eigenvalue weighted by Crippen LogP contribution is -2.05. The molecule has 4 aromatic rings. The molecule has 0 aliphatic heterocycles. The second kappa shape index (κ2) is 7.20. The molecule has 0 spiro atoms. The number of anilines is 1. The van der Waals surface area contributed by atoms with Gasteiger partial charge in [0.05, 0.1) is 16.8 Å². The number of benzene rings is 3. The van der Waals surface area contributed by atoms with E-state index in [1.807, 2.05) is 24.3 Å². The zero-order chi connectivity index (χ0) is 20.5. The number of nitrogen functional groups attached to an aromatic ring is 1. The van der Waals surface area contributed by atoms with Crippen LogP contribution in [-0.4, -0.2) is 16.1 Å². The lowest BCUT2D eigenvalue weighted by atomic mass is 9.97. The summed E-state index contributed by atoms with van der Waals surface area (Å²) in [6, 6.07) is 14.5. The molecule has 0 radical (unpaired) electrons. The Morgan fingerprint density at radius 2 is 1.62 bits per heavy atom. The molecule has 0 unspecified atom stereocenters. The predicted octanol–water partition coefficient (Wildman–Crippen LogP) is 5.25. The molecule has 0 amide bonds. The summed E-state index contributed by atoms with van der Waals surface area (Å²) in [5, 5.41) is 10.3. The molecule has 1 aromatic heterocycles. The molecule has 0 aliphatic rings. The molecule has 3 N–H and O–H groups in total. The van der Waals surface area contributed by atoms with Crippen LogP contribution in [0, 0.1) is 11.6 Å². The largest absolute Gasteiger partial charge is 0.478 e. The molecule has 0 fully saturated rings. The SMILES string of the molecule is Nc1c(C(=O)O)cc(Oc2cc(F)cc(F)c2)cc1-c1ccnc2ccccc12. The maximum absolute atomic E-state index is 13.5. The van der Waals surface area contributed by atoms with Crippen LogP contribution in [0.5, 0.6) is 11.5 Å². The quantitative estimate of drug-likeness (QED) is 0.463. The summed E-state index contributed by atoms with van der Waals surface area (Å²) in [6.07, 6.45) is 1.59. The van der Waals surface area contributed by atoms with Crippen LogP contribution in [0.3, 0.4) is 0 Å². The van der Waals surface area contributed by atoms with Gasteiger partial charge in [0.15, 0.2) is 0 Å². The second-order valence-corrected chi connectivity index (χ2v) is 6.32. The van der Waals surface area contributed by atoms with Crippen molar-refractivity contribution in [1.82, 2.24) is 4.98 Å². The summed E-state index contributed by atoms with van der Waals surface area (Å²) in [6.45, 7) is 0. The number of halogens is 2. The molecule has 0 atom stereocenters. The zero-order valence-corrected chi connectivity index (χ0v) is 14.9. The number of carbonyl (C=O) groups is 1. The number of fused-ring (bicyclic) bond motifs is 1. The number of rotatable bonds is 4. The van der Waals surface area contributed by atoms with Crippen LogP contribution in [0.15, 0.2) is 66.9 Å². The van der Waals surface area contributed by atoms with Crippen molar-refractivity contribution >= 4 is 22.6 Å². The minimum absolute atomic E-state index is 0.0478. The Balaban J connectivity index is 1.91. The van der Waals surface area contributed by atoms with E-state index < -0.39 is 17.6 Å². The number of nitrogens with zero attached hydrogens (tertiary/aromatic N) is 1. The van der Waals surface area contributed by atoms with E-state index in [2.05, 4.69) is 4.98 Å². The van der Waals surface area contributed by atoms with Crippen molar-refractivity contribution in [2.24, 2.45) is 0 Å². The molecule has 0 aliphatic carbocycles. The van der Waals surface area contributed by atoms with Gasteiger partial charge in [0, 0.05) is 35.3 Å². The first-order valence-electron chi connectivity index (χ1n) is 8.57. The van der Waals surface area contributed by atoms with Gasteiger partial charge in [0.2, 0.25) is 0 Å². The fraction of sp³-hybridized carbons (Fsp3) is 0. The third-order valence-electron chi connectivity index (χ3n) is 4.39. The minimum Gasteiger partial charge on any atom is -0.478 e. The third kappa shape index (κ3) is 3.58. The molecule has 144 valence electrons. The van der Waals surface area contributed by atoms with E-state index in [0.29, 0.717) is 22.7 Å². The highest BCUT2D eigenvalue weighted by Gasteiger charge is 2.18. The highest BCUT2D eigenvalue weighted by molar-refractivity contribution is 6.03. The number of ether oxygens (including phenoxy) is 1. The van der Waals surface area contributed by atoms with E-state index in [1.54, 1.807) is 12.3 Å². The molecular weight excluding hydrogens is 378 g/mol. The standard InChI is InChI=1S/C22H14F2N2O3/c23-12-7-13(24)9-14(8-12)29-15-10-18(21(25)19(11-15)22(27)28)16-5-6-26-20-4-2-1-3-17(16)20/h1-11H,25H2,(H,27,28). The molecule has 0 saturated carbocycles. The third-order valence-corrected chi connectivity index (χ3v) is 4.39. The maximum atomic E-state index is 13.5. The van der Waals surface area contributed by atoms with Gasteiger partial charge in [-0.05, 0) is 29.8 Å². The Morgan fingerprint density at radius 3 is 2.34 bits per heavy atom. The number of hydrogen-bond acceptors (Lipinski definition) is 4. The van der Waals surface area contributed by atoms with Crippen LogP contribution < -0.4 is 10.5 Å². The first-order valence-corrected chi connectivity index (χ1v) is 8.57. The van der Waals surface area contributed by atoms with E-state index in [4.69, 9.17) is 10.5 Å². The van der Waals surface area contributed by atoms with Crippen molar-refractivity contribution in [3.8, 4) is 22.6 Å². The minimum atomic E-state index is -1.25. The van der Waals surface area contributed by atoms with Crippen molar-refractivity contribution in [3.63, 3.8) is 0 Å². The zero-order valence-electron chi connectivity index (χ0n) is 14.9. The predicted molar refractivity (Wildman–Crippen MR) is 105 cm³/mol. The molecule has 1 heterocycles. The van der Waals surface area contributed by atoms with Gasteiger partial charge in [-0.15, -0.1) is 0 Å². The monoisotopic (exact) mass is 392 g/mol. The number of carboxylic acid groups (broad SMARTS) is 1. The number of aromatic carboxylic acids is 1. The normalized spacial score (nSPS) is 10.8. The van der Waals surface area contributed by atoms with Gasteiger partial charge in [-0.3, -0.25) is 4.98 Å². The number of nitrogens with two attached hydrogens (primary N) is 1. The summed E-state index contributed by atoms with van der Waals surface area (Å²) in [4.78, 5) is 16.0. The van der Waals surface area contributed by atoms with Crippen molar-refractivity contribution in [2.45, 2.75) is 0 Å². The van der Waals surface area contributed by atoms with Crippen molar-refractivity contribution < 1.29 is 23.4 Å². The van der Waals surface area contributed by atoms with Crippen LogP contribution in [0.4, 0.5) is 14.5 Å². The average molecular weight is 392 g/mol. The van der Waals surface area contributed by atoms with Gasteiger partial charge in [-0.2, -0.15) is 0 Å². The van der Waals surface area contributed by atoms with Crippen LogP contribution in [-0.2, 0) is 0 Å². The van der Waals surface area contributed by atoms with Gasteiger partial charge >= 0.3 is 5.97 Å². The number of hydrogen-bond donors (Lipinski definition) is 2. The maximum Gasteiger partial charge on any atom is 0.337 e. The van der Waals surface area contributed by atoms with E-state index in [1.165, 1.54) is 12.1 Å². The Bertz CT molecular complexity index is 1230. The number of para-hydroxylation sites is 1. The summed E-state index contributed by atoms with van der Waals surface area (Å²) in [5.41, 5.74) is 7.78. The van der Waals surface area contributed by atoms with E-state index in [9.17, 15) is 18.7 Å². The first kappa shape index (κ1) is 18.4. The van der Waals surface area contributed by atoms with Crippen molar-refractivity contribution in [3.05, 3.63) is 84.1 Å². The molecule has 7 heteroatoms. The average Bonchev–Trinajstić information content (AvgIpc) is 2.68. The lowest BCUT2D eigenvalue weighted by Gasteiger charge is -2.14. The summed E-state index contributed by atoms with van der Waals surface area (Å²) in [5.74, 6) is -2.90. The lowest BCUT2D eigenvalue weighted by molar-refractivity contribution is 0.0697. The smallest absolute Gasteiger partial charge is 0.337 e. The molecule has 3 aromatic carbocycles. The highest BCUT2D eigenvalue weighted by atomic mass is 19.1. The Hall–Kier alpha value is -4.00. The van der Waals surface area contributed by atoms with Gasteiger partial charge in [0.1, 0.15) is 23.1 Å². The number of carboxylic acids is 1. The van der Waals surface area contributed by atoms with Crippen LogP contribution in [0.25, 0.3) is 22.0 Å².